The molecule has 1 aliphatic carbocycles. The normalized spacial score (nSPS) is 26.6. The van der Waals surface area contributed by atoms with Crippen molar-refractivity contribution in [2.24, 2.45) is 16.6 Å². The van der Waals surface area contributed by atoms with E-state index in [0.717, 1.165) is 4.47 Å². The van der Waals surface area contributed by atoms with Crippen LogP contribution in [0.2, 0.25) is 0 Å². The molecule has 2 heterocycles. The Morgan fingerprint density at radius 2 is 2.21 bits per heavy atom. The summed E-state index contributed by atoms with van der Waals surface area (Å²) in [5.41, 5.74) is 5.26. The second kappa shape index (κ2) is 6.92. The number of carbonyl (C=O) groups excluding carboxylic acids is 1. The van der Waals surface area contributed by atoms with Gasteiger partial charge in [-0.15, -0.1) is 0 Å². The highest BCUT2D eigenvalue weighted by Crippen LogP contribution is 2.55. The number of alkyl halides is 1. The van der Waals surface area contributed by atoms with Gasteiger partial charge in [0.2, 0.25) is 0 Å². The van der Waals surface area contributed by atoms with Gasteiger partial charge < -0.3 is 10.5 Å². The topological polar surface area (TPSA) is 77.6 Å². The Hall–Kier alpha value is -2.35. The molecule has 0 spiro atoms. The zero-order valence-electron chi connectivity index (χ0n) is 15.0. The fourth-order valence-electron chi connectivity index (χ4n) is 3.88. The molecule has 5 nitrogen and oxygen atoms in total. The van der Waals surface area contributed by atoms with E-state index in [1.165, 1.54) is 31.3 Å². The number of carbonyl (C=O) groups is 1. The predicted octanol–water partition coefficient (Wildman–Crippen LogP) is 3.70. The van der Waals surface area contributed by atoms with Crippen molar-refractivity contribution in [3.63, 3.8) is 0 Å². The van der Waals surface area contributed by atoms with E-state index in [9.17, 15) is 13.6 Å². The summed E-state index contributed by atoms with van der Waals surface area (Å²) in [5, 5.41) is 0. The maximum atomic E-state index is 14.8. The largest absolute Gasteiger partial charge is 0.462 e. The monoisotopic (exact) mass is 449 g/mol. The van der Waals surface area contributed by atoms with Crippen LogP contribution in [0.3, 0.4) is 0 Å². The molecule has 2 aromatic rings. The number of ether oxygens (including phenoxy) is 1. The van der Waals surface area contributed by atoms with Gasteiger partial charge in [-0.05, 0) is 59.1 Å². The number of halogens is 3. The summed E-state index contributed by atoms with van der Waals surface area (Å²) in [5.74, 6) is -1.08. The van der Waals surface area contributed by atoms with Gasteiger partial charge in [0, 0.05) is 28.6 Å². The second-order valence-electron chi connectivity index (χ2n) is 7.17. The van der Waals surface area contributed by atoms with Gasteiger partial charge in [0.1, 0.15) is 29.3 Å². The lowest BCUT2D eigenvalue weighted by Crippen LogP contribution is -2.44. The first-order valence-electron chi connectivity index (χ1n) is 8.91. The number of aromatic nitrogens is 1. The predicted molar refractivity (Wildman–Crippen MR) is 103 cm³/mol. The molecule has 28 heavy (non-hydrogen) atoms. The van der Waals surface area contributed by atoms with Crippen molar-refractivity contribution in [1.82, 2.24) is 4.98 Å². The number of amidine groups is 1. The molecule has 0 saturated heterocycles. The number of Topliss-reactive ketones (excluding diaryl/α,β-unsaturated/α-hetero) is 1. The van der Waals surface area contributed by atoms with Crippen molar-refractivity contribution in [2.75, 3.05) is 0 Å². The van der Waals surface area contributed by atoms with Gasteiger partial charge in [-0.2, -0.15) is 0 Å². The fraction of sp³-hybridized carbons (Fsp3) is 0.350. The van der Waals surface area contributed by atoms with E-state index in [-0.39, 0.29) is 35.8 Å². The van der Waals surface area contributed by atoms with Crippen LogP contribution in [0.4, 0.5) is 8.78 Å². The zero-order valence-corrected chi connectivity index (χ0v) is 16.6. The maximum Gasteiger partial charge on any atom is 0.283 e. The van der Waals surface area contributed by atoms with Gasteiger partial charge >= 0.3 is 0 Å². The number of ketones is 1. The number of pyridine rings is 1. The van der Waals surface area contributed by atoms with Gasteiger partial charge in [0.25, 0.3) is 6.02 Å². The molecule has 2 N–H and O–H groups in total. The number of nitrogens with two attached hydrogens (primary N) is 1. The maximum absolute atomic E-state index is 14.8. The van der Waals surface area contributed by atoms with Crippen LogP contribution < -0.4 is 5.73 Å². The molecule has 1 aromatic carbocycles. The molecule has 1 aromatic heterocycles. The quantitative estimate of drug-likeness (QED) is 0.705. The molecule has 1 unspecified atom stereocenters. The Morgan fingerprint density at radius 1 is 1.43 bits per heavy atom. The standard InChI is InChI=1S/C20H18BrF2N3O2/c1-10(22)20(14-8-18(14)28-19(24)26-20)13-6-11(2-4-15(13)23)7-17(27)16-5-3-12(21)9-25-16/h2-6,9-10,14,18H,7-8H2,1H3,(H2,24,26)/t10?,14-,18+,20+/m0/s1. The van der Waals surface area contributed by atoms with E-state index in [0.29, 0.717) is 17.7 Å². The highest BCUT2D eigenvalue weighted by Gasteiger charge is 2.62. The van der Waals surface area contributed by atoms with Crippen molar-refractivity contribution in [3.8, 4) is 0 Å². The van der Waals surface area contributed by atoms with Crippen LogP contribution in [0.15, 0.2) is 46.0 Å². The molecule has 1 aliphatic heterocycles. The molecule has 1 fully saturated rings. The molecular formula is C20H18BrF2N3O2. The van der Waals surface area contributed by atoms with E-state index >= 15 is 0 Å². The average Bonchev–Trinajstić information content (AvgIpc) is 3.42. The van der Waals surface area contributed by atoms with E-state index in [4.69, 9.17) is 10.5 Å². The summed E-state index contributed by atoms with van der Waals surface area (Å²) in [6.07, 6.45) is 0.383. The van der Waals surface area contributed by atoms with E-state index < -0.39 is 17.5 Å². The van der Waals surface area contributed by atoms with Gasteiger partial charge in [-0.25, -0.2) is 13.8 Å². The Bertz CT molecular complexity index is 964. The van der Waals surface area contributed by atoms with E-state index in [1.54, 1.807) is 12.1 Å². The molecular weight excluding hydrogens is 432 g/mol. The minimum Gasteiger partial charge on any atom is -0.462 e. The SMILES string of the molecule is CC(F)[C@]1(c2cc(CC(=O)c3ccc(Br)cn3)ccc2F)N=C(N)O[C@@H]2C[C@@H]21. The average molecular weight is 450 g/mol. The number of rotatable bonds is 5. The Kier molecular flexibility index (Phi) is 4.69. The first kappa shape index (κ1) is 19.0. The summed E-state index contributed by atoms with van der Waals surface area (Å²) in [4.78, 5) is 20.8. The third-order valence-corrected chi connectivity index (χ3v) is 5.78. The summed E-state index contributed by atoms with van der Waals surface area (Å²) in [7, 11) is 0. The number of hydrogen-bond acceptors (Lipinski definition) is 5. The molecule has 0 radical (unpaired) electrons. The number of benzene rings is 1. The number of aliphatic imine (C=N–C) groups is 1. The van der Waals surface area contributed by atoms with Gasteiger partial charge in [-0.1, -0.05) is 6.07 Å². The summed E-state index contributed by atoms with van der Waals surface area (Å²) < 4.78 is 35.7. The highest BCUT2D eigenvalue weighted by molar-refractivity contribution is 9.10. The number of hydrogen-bond donors (Lipinski definition) is 1. The Labute approximate surface area is 169 Å². The molecule has 8 heteroatoms. The fourth-order valence-corrected chi connectivity index (χ4v) is 4.11. The van der Waals surface area contributed by atoms with Gasteiger partial charge in [0.15, 0.2) is 5.78 Å². The van der Waals surface area contributed by atoms with Crippen LogP contribution in [0.5, 0.6) is 0 Å². The van der Waals surface area contributed by atoms with Crippen LogP contribution in [0, 0.1) is 11.7 Å². The lowest BCUT2D eigenvalue weighted by atomic mass is 9.80. The first-order valence-corrected chi connectivity index (χ1v) is 9.70. The summed E-state index contributed by atoms with van der Waals surface area (Å²) >= 11 is 3.27. The van der Waals surface area contributed by atoms with Crippen molar-refractivity contribution in [1.29, 1.82) is 0 Å². The van der Waals surface area contributed by atoms with Crippen LogP contribution in [0.25, 0.3) is 0 Å². The molecule has 1 saturated carbocycles. The number of nitrogens with zero attached hydrogens (tertiary/aromatic N) is 2. The molecule has 4 atom stereocenters. The van der Waals surface area contributed by atoms with Crippen molar-refractivity contribution in [3.05, 3.63) is 63.6 Å². The third-order valence-electron chi connectivity index (χ3n) is 5.31. The van der Waals surface area contributed by atoms with Crippen LogP contribution >= 0.6 is 15.9 Å². The molecule has 0 bridgehead atoms. The van der Waals surface area contributed by atoms with Crippen molar-refractivity contribution >= 4 is 27.7 Å². The van der Waals surface area contributed by atoms with Crippen LogP contribution in [-0.2, 0) is 16.7 Å². The first-order chi connectivity index (χ1) is 13.3. The lowest BCUT2D eigenvalue weighted by Gasteiger charge is -2.35. The highest BCUT2D eigenvalue weighted by atomic mass is 79.9. The van der Waals surface area contributed by atoms with Crippen LogP contribution in [-0.4, -0.2) is 29.1 Å². The zero-order chi connectivity index (χ0) is 20.1. The van der Waals surface area contributed by atoms with Gasteiger partial charge in [0.05, 0.1) is 0 Å². The summed E-state index contributed by atoms with van der Waals surface area (Å²) in [6.45, 7) is 1.35. The minimum atomic E-state index is -1.47. The molecule has 4 rings (SSSR count). The number of fused-ring (bicyclic) bond motifs is 1. The molecule has 146 valence electrons. The smallest absolute Gasteiger partial charge is 0.283 e. The Balaban J connectivity index is 1.70. The van der Waals surface area contributed by atoms with Gasteiger partial charge in [-0.3, -0.25) is 9.78 Å². The molecule has 0 amide bonds. The van der Waals surface area contributed by atoms with Crippen LogP contribution in [0.1, 0.15) is 35.0 Å². The summed E-state index contributed by atoms with van der Waals surface area (Å²) in [6, 6.07) is 7.48. The van der Waals surface area contributed by atoms with Crippen molar-refractivity contribution in [2.45, 2.75) is 37.6 Å². The molecule has 2 aliphatic rings. The van der Waals surface area contributed by atoms with E-state index in [2.05, 4.69) is 25.9 Å². The lowest BCUT2D eigenvalue weighted by molar-refractivity contribution is 0.0987. The third kappa shape index (κ3) is 3.19. The Morgan fingerprint density at radius 3 is 2.89 bits per heavy atom. The van der Waals surface area contributed by atoms with Crippen molar-refractivity contribution < 1.29 is 18.3 Å². The minimum absolute atomic E-state index is 0.0163. The van der Waals surface area contributed by atoms with E-state index in [1.807, 2.05) is 0 Å². The second-order valence-corrected chi connectivity index (χ2v) is 8.08.